The molecular weight excluding hydrogens is 622 g/mol. The number of thioether (sulfide) groups is 1. The number of benzene rings is 3. The van der Waals surface area contributed by atoms with Crippen LogP contribution in [0.2, 0.25) is 5.02 Å². The van der Waals surface area contributed by atoms with Gasteiger partial charge >= 0.3 is 6.09 Å². The lowest BCUT2D eigenvalue weighted by molar-refractivity contribution is -0.119. The second-order valence-corrected chi connectivity index (χ2v) is 15.6. The number of nitrogens with zero attached hydrogens (tertiary/aromatic N) is 2. The first-order valence-corrected chi connectivity index (χ1v) is 17.2. The zero-order chi connectivity index (χ0) is 31.6. The summed E-state index contributed by atoms with van der Waals surface area (Å²) in [4.78, 5) is 32.8. The highest BCUT2D eigenvalue weighted by atomic mass is 35.5. The van der Waals surface area contributed by atoms with Crippen molar-refractivity contribution in [2.45, 2.75) is 57.1 Å². The molecule has 12 heteroatoms. The van der Waals surface area contributed by atoms with E-state index < -0.39 is 39.5 Å². The molecule has 2 heterocycles. The Kier molecular flexibility index (Phi) is 9.29. The number of aryl methyl sites for hydroxylation is 1. The Labute approximate surface area is 266 Å². The van der Waals surface area contributed by atoms with Gasteiger partial charge in [0.15, 0.2) is 20.8 Å². The van der Waals surface area contributed by atoms with E-state index in [1.54, 1.807) is 43.9 Å². The van der Waals surface area contributed by atoms with Gasteiger partial charge in [0.1, 0.15) is 17.4 Å². The van der Waals surface area contributed by atoms with Gasteiger partial charge < -0.3 is 19.7 Å². The molecule has 44 heavy (non-hydrogen) atoms. The number of anilines is 1. The van der Waals surface area contributed by atoms with E-state index in [0.29, 0.717) is 27.4 Å². The fraction of sp³-hybridized carbons (Fsp3) is 0.344. The van der Waals surface area contributed by atoms with E-state index in [9.17, 15) is 18.0 Å². The fourth-order valence-corrected chi connectivity index (χ4v) is 9.17. The van der Waals surface area contributed by atoms with E-state index in [1.165, 1.54) is 11.8 Å². The summed E-state index contributed by atoms with van der Waals surface area (Å²) in [5.41, 5.74) is 1.55. The van der Waals surface area contributed by atoms with Crippen molar-refractivity contribution in [3.8, 4) is 11.5 Å². The molecule has 0 radical (unpaired) electrons. The molecule has 2 aliphatic rings. The van der Waals surface area contributed by atoms with Crippen LogP contribution in [0, 0.1) is 6.92 Å². The van der Waals surface area contributed by atoms with Crippen molar-refractivity contribution in [1.82, 2.24) is 5.32 Å². The molecular formula is C32H34ClN3O6S2. The maximum Gasteiger partial charge on any atom is 0.408 e. The van der Waals surface area contributed by atoms with Crippen LogP contribution in [0.3, 0.4) is 0 Å². The van der Waals surface area contributed by atoms with Crippen LogP contribution >= 0.6 is 23.4 Å². The molecule has 3 aromatic rings. The Balaban J connectivity index is 1.53. The van der Waals surface area contributed by atoms with Crippen LogP contribution in [0.15, 0.2) is 77.8 Å². The number of aliphatic imine (C=N–C) groups is 1. The molecule has 2 amide bonds. The largest absolute Gasteiger partial charge is 0.455 e. The monoisotopic (exact) mass is 655 g/mol. The number of fused-ring (bicyclic) bond motifs is 1. The summed E-state index contributed by atoms with van der Waals surface area (Å²) in [7, 11) is -3.33. The van der Waals surface area contributed by atoms with Gasteiger partial charge in [-0.3, -0.25) is 4.79 Å². The van der Waals surface area contributed by atoms with Crippen molar-refractivity contribution >= 4 is 56.1 Å². The van der Waals surface area contributed by atoms with Gasteiger partial charge in [-0.1, -0.05) is 65.8 Å². The van der Waals surface area contributed by atoms with E-state index in [1.807, 2.05) is 61.5 Å². The third-order valence-electron chi connectivity index (χ3n) is 6.94. The number of carbonyl (C=O) groups excluding carboxylic acids is 2. The van der Waals surface area contributed by atoms with Gasteiger partial charge in [0.2, 0.25) is 0 Å². The number of carbonyl (C=O) groups is 2. The van der Waals surface area contributed by atoms with Crippen molar-refractivity contribution in [3.05, 3.63) is 88.9 Å². The average Bonchev–Trinajstić information content (AvgIpc) is 3.39. The molecule has 0 unspecified atom stereocenters. The van der Waals surface area contributed by atoms with Crippen molar-refractivity contribution in [2.24, 2.45) is 4.99 Å². The molecule has 0 saturated carbocycles. The second kappa shape index (κ2) is 12.8. The highest BCUT2D eigenvalue weighted by Gasteiger charge is 2.50. The molecule has 2 saturated heterocycles. The van der Waals surface area contributed by atoms with Gasteiger partial charge in [0.05, 0.1) is 23.2 Å². The summed E-state index contributed by atoms with van der Waals surface area (Å²) in [6.45, 7) is 7.17. The number of nitrogens with one attached hydrogen (secondary N) is 1. The molecule has 1 N–H and O–H groups in total. The lowest BCUT2D eigenvalue weighted by Gasteiger charge is -2.27. The summed E-state index contributed by atoms with van der Waals surface area (Å²) in [5, 5.41) is 3.04. The maximum absolute atomic E-state index is 13.8. The van der Waals surface area contributed by atoms with Gasteiger partial charge in [-0.05, 0) is 69.2 Å². The molecule has 2 aliphatic heterocycles. The number of hydrogen-bond donors (Lipinski definition) is 1. The van der Waals surface area contributed by atoms with E-state index in [-0.39, 0.29) is 23.2 Å². The lowest BCUT2D eigenvalue weighted by Crippen LogP contribution is -2.45. The Morgan fingerprint density at radius 2 is 1.82 bits per heavy atom. The average molecular weight is 656 g/mol. The first-order valence-electron chi connectivity index (χ1n) is 14.1. The predicted molar refractivity (Wildman–Crippen MR) is 175 cm³/mol. The van der Waals surface area contributed by atoms with Crippen molar-refractivity contribution in [3.63, 3.8) is 0 Å². The fourth-order valence-electron chi connectivity index (χ4n) is 5.09. The molecule has 5 rings (SSSR count). The lowest BCUT2D eigenvalue weighted by atomic mass is 10.1. The van der Waals surface area contributed by atoms with Gasteiger partial charge in [-0.25, -0.2) is 13.2 Å². The Hall–Kier alpha value is -3.54. The normalized spacial score (nSPS) is 20.7. The van der Waals surface area contributed by atoms with Gasteiger partial charge in [-0.2, -0.15) is 4.99 Å². The van der Waals surface area contributed by atoms with Gasteiger partial charge in [0.25, 0.3) is 5.91 Å². The topological polar surface area (TPSA) is 114 Å². The number of hydrogen-bond acceptors (Lipinski definition) is 7. The van der Waals surface area contributed by atoms with Crippen molar-refractivity contribution in [1.29, 1.82) is 0 Å². The van der Waals surface area contributed by atoms with Crippen molar-refractivity contribution in [2.75, 3.05) is 16.4 Å². The summed E-state index contributed by atoms with van der Waals surface area (Å²) in [6.07, 6.45) is -0.560. The molecule has 0 aromatic heterocycles. The summed E-state index contributed by atoms with van der Waals surface area (Å²) in [6, 6.07) is 20.4. The van der Waals surface area contributed by atoms with Crippen LogP contribution in [0.1, 0.15) is 31.9 Å². The van der Waals surface area contributed by atoms with Crippen LogP contribution < -0.4 is 15.0 Å². The minimum atomic E-state index is -3.33. The standard InChI is InChI=1S/C32H34ClN3O6S2/c1-20-9-8-12-23(15-20)41-27-14-13-22(33)17-25(27)36-26-18-44(39,40)19-28(26)43-30(36)35-29(37)24(16-21-10-6-5-7-11-21)34-31(38)42-32(2,3)4/h5-15,17,24,26,28H,16,18-19H2,1-4H3,(H,34,38)/t24-,26+,28-/m1/s1. The van der Waals surface area contributed by atoms with Gasteiger partial charge in [0, 0.05) is 16.7 Å². The first-order chi connectivity index (χ1) is 20.8. The second-order valence-electron chi connectivity index (χ2n) is 11.8. The van der Waals surface area contributed by atoms with Crippen molar-refractivity contribution < 1.29 is 27.5 Å². The molecule has 0 spiro atoms. The minimum Gasteiger partial charge on any atom is -0.455 e. The summed E-state index contributed by atoms with van der Waals surface area (Å²) >= 11 is 7.68. The number of alkyl carbamates (subject to hydrolysis) is 1. The van der Waals surface area contributed by atoms with E-state index in [4.69, 9.17) is 21.1 Å². The predicted octanol–water partition coefficient (Wildman–Crippen LogP) is 6.18. The van der Waals surface area contributed by atoms with E-state index >= 15 is 0 Å². The van der Waals surface area contributed by atoms with Crippen LogP contribution in [-0.2, 0) is 25.8 Å². The van der Waals surface area contributed by atoms with E-state index in [2.05, 4.69) is 10.3 Å². The molecule has 3 atom stereocenters. The molecule has 9 nitrogen and oxygen atoms in total. The number of amides is 2. The Morgan fingerprint density at radius 1 is 1.07 bits per heavy atom. The Bertz CT molecular complexity index is 1690. The van der Waals surface area contributed by atoms with Crippen LogP contribution in [0.4, 0.5) is 10.5 Å². The third kappa shape index (κ3) is 7.94. The highest BCUT2D eigenvalue weighted by Crippen LogP contribution is 2.45. The molecule has 0 bridgehead atoms. The van der Waals surface area contributed by atoms with Crippen LogP contribution in [0.5, 0.6) is 11.5 Å². The summed E-state index contributed by atoms with van der Waals surface area (Å²) < 4.78 is 37.1. The van der Waals surface area contributed by atoms with Gasteiger partial charge in [-0.15, -0.1) is 0 Å². The minimum absolute atomic E-state index is 0.0513. The zero-order valence-electron chi connectivity index (χ0n) is 24.8. The molecule has 3 aromatic carbocycles. The molecule has 0 aliphatic carbocycles. The smallest absolute Gasteiger partial charge is 0.408 e. The third-order valence-corrected chi connectivity index (χ3v) is 10.4. The molecule has 232 valence electrons. The summed E-state index contributed by atoms with van der Waals surface area (Å²) in [5.74, 6) is 0.258. The van der Waals surface area contributed by atoms with Crippen LogP contribution in [0.25, 0.3) is 0 Å². The Morgan fingerprint density at radius 3 is 2.52 bits per heavy atom. The highest BCUT2D eigenvalue weighted by molar-refractivity contribution is 8.16. The van der Waals surface area contributed by atoms with Crippen LogP contribution in [-0.4, -0.2) is 60.0 Å². The quantitative estimate of drug-likeness (QED) is 0.321. The SMILES string of the molecule is Cc1cccc(Oc2ccc(Cl)cc2N2C(=NC(=O)[C@@H](Cc3ccccc3)NC(=O)OC(C)(C)C)S[C@@H]3CS(=O)(=O)C[C@@H]32)c1. The molecule has 2 fully saturated rings. The first kappa shape index (κ1) is 31.9. The number of sulfone groups is 1. The maximum atomic E-state index is 13.8. The number of ether oxygens (including phenoxy) is 2. The van der Waals surface area contributed by atoms with E-state index in [0.717, 1.165) is 11.1 Å². The number of amidine groups is 1. The number of rotatable bonds is 7. The zero-order valence-corrected chi connectivity index (χ0v) is 27.2. The number of halogens is 1.